The molecule has 46 heavy (non-hydrogen) atoms. The first kappa shape index (κ1) is 31.8. The smallest absolute Gasteiger partial charge is 0.418 e. The van der Waals surface area contributed by atoms with Gasteiger partial charge in [-0.15, -0.1) is 0 Å². The minimum atomic E-state index is -4.90. The van der Waals surface area contributed by atoms with Crippen molar-refractivity contribution in [3.63, 3.8) is 0 Å². The molecule has 0 bridgehead atoms. The zero-order chi connectivity index (χ0) is 33.0. The number of hydrogen-bond acceptors (Lipinski definition) is 10. The van der Waals surface area contributed by atoms with Crippen LogP contribution < -0.4 is 25.8 Å². The standard InChI is InChI=1S/C31H32ClF4N7O3/c1-15-14-18(37)40-24(21(15)31(34,35)36)19-22(32)26-20-25(23(19)33)41-29(46-12-9-30(44-3)7-5-8-30)42-28(20)43(11-13-45-26)16(2)17-6-4-10-39-27(17)38/h4,6,10,14,16H,5,7-9,11-13H2,1-3H3,(H2,37,40)(H2,38,39)/t16-/m1/s1. The Morgan fingerprint density at radius 3 is 2.61 bits per heavy atom. The molecule has 1 atom stereocenters. The Hall–Kier alpha value is -4.17. The van der Waals surface area contributed by atoms with E-state index >= 15 is 4.39 Å². The summed E-state index contributed by atoms with van der Waals surface area (Å²) in [6.07, 6.45) is -0.0200. The van der Waals surface area contributed by atoms with Gasteiger partial charge in [-0.1, -0.05) is 17.7 Å². The normalized spacial score (nSPS) is 16.5. The number of halogens is 5. The SMILES string of the molecule is COC1(CCOc2nc3c4c(c(Cl)c(-c5nc(N)cc(C)c5C(F)(F)F)c(F)c4n2)OCCN3[C@H](C)c2cccnc2N)CCC1. The van der Waals surface area contributed by atoms with Gasteiger partial charge < -0.3 is 30.6 Å². The zero-order valence-electron chi connectivity index (χ0n) is 25.3. The number of hydrogen-bond donors (Lipinski definition) is 2. The van der Waals surface area contributed by atoms with Gasteiger partial charge >= 0.3 is 12.2 Å². The second-order valence-corrected chi connectivity index (χ2v) is 11.9. The summed E-state index contributed by atoms with van der Waals surface area (Å²) in [5, 5.41) is -0.360. The second-order valence-electron chi connectivity index (χ2n) is 11.5. The summed E-state index contributed by atoms with van der Waals surface area (Å²) < 4.78 is 77.6. The molecule has 0 saturated heterocycles. The molecule has 0 spiro atoms. The van der Waals surface area contributed by atoms with Gasteiger partial charge in [-0.3, -0.25) is 0 Å². The number of nitrogens with two attached hydrogens (primary N) is 2. The Morgan fingerprint density at radius 2 is 1.96 bits per heavy atom. The van der Waals surface area contributed by atoms with E-state index in [4.69, 9.17) is 37.3 Å². The van der Waals surface area contributed by atoms with Crippen LogP contribution in [0, 0.1) is 12.7 Å². The monoisotopic (exact) mass is 661 g/mol. The van der Waals surface area contributed by atoms with Gasteiger partial charge in [-0.2, -0.15) is 23.1 Å². The number of methoxy groups -OCH3 is 1. The molecule has 4 heterocycles. The van der Waals surface area contributed by atoms with Crippen molar-refractivity contribution in [3.8, 4) is 23.0 Å². The molecule has 1 aliphatic heterocycles. The van der Waals surface area contributed by atoms with Gasteiger partial charge in [0.05, 0.1) is 52.0 Å². The molecule has 3 aromatic heterocycles. The number of alkyl halides is 3. The van der Waals surface area contributed by atoms with Crippen molar-refractivity contribution in [1.82, 2.24) is 19.9 Å². The predicted molar refractivity (Wildman–Crippen MR) is 165 cm³/mol. The molecule has 1 fully saturated rings. The summed E-state index contributed by atoms with van der Waals surface area (Å²) in [4.78, 5) is 19.0. The quantitative estimate of drug-likeness (QED) is 0.197. The summed E-state index contributed by atoms with van der Waals surface area (Å²) in [6.45, 7) is 3.48. The number of ether oxygens (including phenoxy) is 3. The van der Waals surface area contributed by atoms with Crippen LogP contribution in [-0.2, 0) is 10.9 Å². The minimum absolute atomic E-state index is 0.0167. The van der Waals surface area contributed by atoms with Crippen molar-refractivity contribution in [1.29, 1.82) is 0 Å². The van der Waals surface area contributed by atoms with Crippen molar-refractivity contribution in [2.24, 2.45) is 0 Å². The van der Waals surface area contributed by atoms with E-state index in [1.807, 2.05) is 11.8 Å². The van der Waals surface area contributed by atoms with Crippen molar-refractivity contribution in [3.05, 3.63) is 51.9 Å². The maximum absolute atomic E-state index is 16.8. The maximum atomic E-state index is 16.8. The molecule has 15 heteroatoms. The van der Waals surface area contributed by atoms with Gasteiger partial charge in [-0.05, 0) is 50.8 Å². The zero-order valence-corrected chi connectivity index (χ0v) is 26.1. The lowest BCUT2D eigenvalue weighted by Crippen LogP contribution is -2.40. The molecular weight excluding hydrogens is 630 g/mol. The Labute approximate surface area is 267 Å². The topological polar surface area (TPSA) is 135 Å². The van der Waals surface area contributed by atoms with E-state index in [2.05, 4.69) is 19.9 Å². The maximum Gasteiger partial charge on any atom is 0.418 e. The Kier molecular flexibility index (Phi) is 8.21. The number of aryl methyl sites for hydroxylation is 1. The Bertz CT molecular complexity index is 1810. The third-order valence-electron chi connectivity index (χ3n) is 8.83. The average molecular weight is 662 g/mol. The third kappa shape index (κ3) is 5.46. The first-order valence-corrected chi connectivity index (χ1v) is 15.1. The van der Waals surface area contributed by atoms with Crippen LogP contribution in [-0.4, -0.2) is 52.4 Å². The Balaban J connectivity index is 1.58. The fraction of sp³-hybridized carbons (Fsp3) is 0.419. The summed E-state index contributed by atoms with van der Waals surface area (Å²) in [7, 11) is 1.64. The van der Waals surface area contributed by atoms with Crippen LogP contribution in [0.5, 0.6) is 11.8 Å². The summed E-state index contributed by atoms with van der Waals surface area (Å²) in [6, 6.07) is 3.98. The summed E-state index contributed by atoms with van der Waals surface area (Å²) in [5.41, 5.74) is 9.21. The lowest BCUT2D eigenvalue weighted by Gasteiger charge is -2.40. The minimum Gasteiger partial charge on any atom is -0.489 e. The van der Waals surface area contributed by atoms with Crippen LogP contribution in [0.2, 0.25) is 5.02 Å². The highest BCUT2D eigenvalue weighted by Crippen LogP contribution is 2.51. The number of anilines is 3. The van der Waals surface area contributed by atoms with Gasteiger partial charge in [-0.25, -0.2) is 14.4 Å². The predicted octanol–water partition coefficient (Wildman–Crippen LogP) is 6.67. The highest BCUT2D eigenvalue weighted by Gasteiger charge is 2.41. The lowest BCUT2D eigenvalue weighted by molar-refractivity contribution is -0.137. The van der Waals surface area contributed by atoms with Crippen LogP contribution in [0.3, 0.4) is 0 Å². The fourth-order valence-electron chi connectivity index (χ4n) is 6.22. The summed E-state index contributed by atoms with van der Waals surface area (Å²) >= 11 is 6.75. The molecule has 1 saturated carbocycles. The number of nitrogens with zero attached hydrogens (tertiary/aromatic N) is 5. The molecule has 1 aromatic carbocycles. The van der Waals surface area contributed by atoms with Crippen LogP contribution >= 0.6 is 11.6 Å². The van der Waals surface area contributed by atoms with E-state index in [-0.39, 0.29) is 71.0 Å². The molecule has 4 N–H and O–H groups in total. The molecule has 244 valence electrons. The molecule has 1 aliphatic carbocycles. The van der Waals surface area contributed by atoms with Gasteiger partial charge in [0, 0.05) is 25.3 Å². The number of nitrogen functional groups attached to an aromatic ring is 2. The van der Waals surface area contributed by atoms with Crippen LogP contribution in [0.15, 0.2) is 24.4 Å². The first-order chi connectivity index (χ1) is 21.8. The van der Waals surface area contributed by atoms with Gasteiger partial charge in [0.2, 0.25) is 0 Å². The summed E-state index contributed by atoms with van der Waals surface area (Å²) in [5.74, 6) is -1.01. The number of pyridine rings is 2. The molecule has 0 unspecified atom stereocenters. The van der Waals surface area contributed by atoms with Gasteiger partial charge in [0.25, 0.3) is 0 Å². The average Bonchev–Trinajstić information content (AvgIpc) is 3.16. The van der Waals surface area contributed by atoms with Crippen molar-refractivity contribution >= 4 is 40.0 Å². The lowest BCUT2D eigenvalue weighted by atomic mass is 9.78. The molecule has 10 nitrogen and oxygen atoms in total. The van der Waals surface area contributed by atoms with E-state index in [9.17, 15) is 13.2 Å². The first-order valence-electron chi connectivity index (χ1n) is 14.7. The highest BCUT2D eigenvalue weighted by atomic mass is 35.5. The van der Waals surface area contributed by atoms with Crippen LogP contribution in [0.4, 0.5) is 35.0 Å². The Morgan fingerprint density at radius 1 is 1.20 bits per heavy atom. The van der Waals surface area contributed by atoms with Gasteiger partial charge in [0.15, 0.2) is 11.6 Å². The second kappa shape index (κ2) is 11.9. The molecule has 0 radical (unpaired) electrons. The number of aromatic nitrogens is 4. The van der Waals surface area contributed by atoms with E-state index in [1.54, 1.807) is 25.4 Å². The van der Waals surface area contributed by atoms with E-state index in [0.717, 1.165) is 25.3 Å². The van der Waals surface area contributed by atoms with Gasteiger partial charge in [0.1, 0.15) is 29.6 Å². The van der Waals surface area contributed by atoms with Crippen molar-refractivity contribution in [2.75, 3.05) is 43.2 Å². The van der Waals surface area contributed by atoms with Crippen molar-refractivity contribution < 1.29 is 31.8 Å². The number of benzene rings is 1. The molecule has 0 amide bonds. The van der Waals surface area contributed by atoms with E-state index < -0.39 is 39.9 Å². The largest absolute Gasteiger partial charge is 0.489 e. The molecule has 2 aliphatic rings. The van der Waals surface area contributed by atoms with Crippen LogP contribution in [0.1, 0.15) is 55.3 Å². The van der Waals surface area contributed by atoms with Crippen molar-refractivity contribution in [2.45, 2.75) is 57.3 Å². The van der Waals surface area contributed by atoms with E-state index in [0.29, 0.717) is 12.0 Å². The fourth-order valence-corrected chi connectivity index (χ4v) is 6.54. The van der Waals surface area contributed by atoms with Crippen LogP contribution in [0.25, 0.3) is 22.2 Å². The van der Waals surface area contributed by atoms with E-state index in [1.165, 1.54) is 6.92 Å². The molecular formula is C31H32ClF4N7O3. The number of rotatable bonds is 8. The molecule has 4 aromatic rings. The highest BCUT2D eigenvalue weighted by molar-refractivity contribution is 6.36. The molecule has 6 rings (SSSR count). The third-order valence-corrected chi connectivity index (χ3v) is 9.19.